The fraction of sp³-hybridized carbons (Fsp3) is 0.462. The van der Waals surface area contributed by atoms with Crippen LogP contribution in [0.4, 0.5) is 0 Å². The van der Waals surface area contributed by atoms with Crippen molar-refractivity contribution in [2.75, 3.05) is 13.2 Å². The summed E-state index contributed by atoms with van der Waals surface area (Å²) in [4.78, 5) is 11.8. The molecule has 98 valence electrons. The van der Waals surface area contributed by atoms with E-state index in [0.29, 0.717) is 13.0 Å². The lowest BCUT2D eigenvalue weighted by Crippen LogP contribution is -2.30. The van der Waals surface area contributed by atoms with Crippen LogP contribution in [0.15, 0.2) is 18.2 Å². The van der Waals surface area contributed by atoms with Crippen LogP contribution in [-0.4, -0.2) is 34.4 Å². The van der Waals surface area contributed by atoms with Gasteiger partial charge in [0, 0.05) is 24.8 Å². The van der Waals surface area contributed by atoms with Crippen molar-refractivity contribution in [2.24, 2.45) is 5.41 Å². The number of aliphatic hydroxyl groups is 1. The van der Waals surface area contributed by atoms with Crippen LogP contribution in [0.25, 0.3) is 0 Å². The first-order valence-corrected chi connectivity index (χ1v) is 5.97. The van der Waals surface area contributed by atoms with Crippen LogP contribution < -0.4 is 5.32 Å². The Balaban J connectivity index is 1.95. The zero-order valence-corrected chi connectivity index (χ0v) is 10.0. The van der Waals surface area contributed by atoms with E-state index in [9.17, 15) is 15.0 Å². The van der Waals surface area contributed by atoms with E-state index in [-0.39, 0.29) is 35.0 Å². The van der Waals surface area contributed by atoms with E-state index in [1.54, 1.807) is 0 Å². The number of phenolic OH excluding ortho intramolecular Hbond substituents is 2. The molecule has 0 aliphatic heterocycles. The molecule has 0 atom stereocenters. The molecule has 1 saturated carbocycles. The van der Waals surface area contributed by atoms with E-state index < -0.39 is 0 Å². The fourth-order valence-corrected chi connectivity index (χ4v) is 2.03. The summed E-state index contributed by atoms with van der Waals surface area (Å²) in [6, 6.07) is 3.78. The van der Waals surface area contributed by atoms with Gasteiger partial charge in [-0.05, 0) is 36.8 Å². The molecule has 0 aromatic heterocycles. The van der Waals surface area contributed by atoms with Gasteiger partial charge in [-0.15, -0.1) is 0 Å². The smallest absolute Gasteiger partial charge is 0.251 e. The second kappa shape index (κ2) is 4.86. The summed E-state index contributed by atoms with van der Waals surface area (Å²) in [6.45, 7) is 0.644. The van der Waals surface area contributed by atoms with Crippen LogP contribution in [-0.2, 0) is 0 Å². The highest BCUT2D eigenvalue weighted by atomic mass is 16.3. The van der Waals surface area contributed by atoms with Crippen molar-refractivity contribution >= 4 is 5.91 Å². The molecule has 4 N–H and O–H groups in total. The minimum absolute atomic E-state index is 0.0449. The van der Waals surface area contributed by atoms with Gasteiger partial charge in [-0.1, -0.05) is 0 Å². The number of aromatic hydroxyl groups is 2. The topological polar surface area (TPSA) is 89.8 Å². The number of hydrogen-bond acceptors (Lipinski definition) is 4. The molecule has 0 heterocycles. The Hall–Kier alpha value is -1.75. The molecule has 1 aliphatic rings. The molecule has 0 radical (unpaired) electrons. The second-order valence-electron chi connectivity index (χ2n) is 4.89. The highest BCUT2D eigenvalue weighted by Crippen LogP contribution is 2.47. The van der Waals surface area contributed by atoms with Crippen molar-refractivity contribution in [3.05, 3.63) is 23.8 Å². The van der Waals surface area contributed by atoms with Crippen LogP contribution in [0, 0.1) is 5.41 Å². The number of benzene rings is 1. The standard InChI is InChI=1S/C13H17NO4/c15-4-3-13(1-2-13)8-14-12(18)9-5-10(16)7-11(17)6-9/h5-7,15-17H,1-4,8H2,(H,14,18). The third kappa shape index (κ3) is 2.92. The van der Waals surface area contributed by atoms with E-state index in [2.05, 4.69) is 5.32 Å². The summed E-state index contributed by atoms with van der Waals surface area (Å²) in [5, 5.41) is 30.3. The number of hydrogen-bond donors (Lipinski definition) is 4. The number of nitrogens with one attached hydrogen (secondary N) is 1. The molecular formula is C13H17NO4. The van der Waals surface area contributed by atoms with Crippen LogP contribution in [0.2, 0.25) is 0 Å². The van der Waals surface area contributed by atoms with Crippen LogP contribution >= 0.6 is 0 Å². The molecule has 5 nitrogen and oxygen atoms in total. The fourth-order valence-electron chi connectivity index (χ4n) is 2.03. The molecular weight excluding hydrogens is 234 g/mol. The third-order valence-corrected chi connectivity index (χ3v) is 3.39. The van der Waals surface area contributed by atoms with E-state index >= 15 is 0 Å². The highest BCUT2D eigenvalue weighted by Gasteiger charge is 2.41. The van der Waals surface area contributed by atoms with Crippen LogP contribution in [0.1, 0.15) is 29.6 Å². The van der Waals surface area contributed by atoms with Gasteiger partial charge < -0.3 is 20.6 Å². The van der Waals surface area contributed by atoms with Crippen LogP contribution in [0.3, 0.4) is 0 Å². The van der Waals surface area contributed by atoms with E-state index in [0.717, 1.165) is 12.8 Å². The average molecular weight is 251 g/mol. The van der Waals surface area contributed by atoms with Gasteiger partial charge in [0.15, 0.2) is 0 Å². The summed E-state index contributed by atoms with van der Waals surface area (Å²) in [6.07, 6.45) is 2.72. The van der Waals surface area contributed by atoms with E-state index in [1.807, 2.05) is 0 Å². The van der Waals surface area contributed by atoms with Gasteiger partial charge in [0.25, 0.3) is 5.91 Å². The molecule has 18 heavy (non-hydrogen) atoms. The lowest BCUT2D eigenvalue weighted by molar-refractivity contribution is 0.0940. The largest absolute Gasteiger partial charge is 0.508 e. The monoisotopic (exact) mass is 251 g/mol. The Morgan fingerprint density at radius 2 is 1.83 bits per heavy atom. The van der Waals surface area contributed by atoms with Crippen molar-refractivity contribution in [2.45, 2.75) is 19.3 Å². The highest BCUT2D eigenvalue weighted by molar-refractivity contribution is 5.95. The Morgan fingerprint density at radius 1 is 1.22 bits per heavy atom. The molecule has 0 unspecified atom stereocenters. The molecule has 1 fully saturated rings. The van der Waals surface area contributed by atoms with Crippen molar-refractivity contribution in [3.8, 4) is 11.5 Å². The minimum Gasteiger partial charge on any atom is -0.508 e. The molecule has 0 spiro atoms. The first-order valence-electron chi connectivity index (χ1n) is 5.97. The minimum atomic E-state index is -0.328. The summed E-state index contributed by atoms with van der Waals surface area (Å²) in [7, 11) is 0. The quantitative estimate of drug-likeness (QED) is 0.628. The Labute approximate surface area is 105 Å². The molecule has 1 amide bonds. The van der Waals surface area contributed by atoms with Gasteiger partial charge in [-0.2, -0.15) is 0 Å². The molecule has 5 heteroatoms. The molecule has 0 saturated heterocycles. The van der Waals surface area contributed by atoms with E-state index in [1.165, 1.54) is 18.2 Å². The van der Waals surface area contributed by atoms with Crippen molar-refractivity contribution in [1.29, 1.82) is 0 Å². The van der Waals surface area contributed by atoms with Crippen LogP contribution in [0.5, 0.6) is 11.5 Å². The molecule has 1 aromatic carbocycles. The first-order chi connectivity index (χ1) is 8.54. The van der Waals surface area contributed by atoms with Gasteiger partial charge >= 0.3 is 0 Å². The predicted octanol–water partition coefficient (Wildman–Crippen LogP) is 0.990. The Morgan fingerprint density at radius 3 is 2.33 bits per heavy atom. The maximum Gasteiger partial charge on any atom is 0.251 e. The molecule has 1 aromatic rings. The summed E-state index contributed by atoms with van der Waals surface area (Å²) < 4.78 is 0. The predicted molar refractivity (Wildman–Crippen MR) is 65.5 cm³/mol. The maximum atomic E-state index is 11.8. The average Bonchev–Trinajstić information content (AvgIpc) is 3.06. The van der Waals surface area contributed by atoms with Gasteiger partial charge in [-0.3, -0.25) is 4.79 Å². The van der Waals surface area contributed by atoms with Gasteiger partial charge in [0.1, 0.15) is 11.5 Å². The summed E-state index contributed by atoms with van der Waals surface area (Å²) >= 11 is 0. The summed E-state index contributed by atoms with van der Waals surface area (Å²) in [5.41, 5.74) is 0.274. The number of carbonyl (C=O) groups is 1. The summed E-state index contributed by atoms with van der Waals surface area (Å²) in [5.74, 6) is -0.612. The number of amides is 1. The third-order valence-electron chi connectivity index (χ3n) is 3.39. The number of carbonyl (C=O) groups excluding carboxylic acids is 1. The van der Waals surface area contributed by atoms with Gasteiger partial charge in [-0.25, -0.2) is 0 Å². The Bertz CT molecular complexity index is 434. The second-order valence-corrected chi connectivity index (χ2v) is 4.89. The molecule has 0 bridgehead atoms. The van der Waals surface area contributed by atoms with Gasteiger partial charge in [0.2, 0.25) is 0 Å². The van der Waals surface area contributed by atoms with Gasteiger partial charge in [0.05, 0.1) is 0 Å². The SMILES string of the molecule is O=C(NCC1(CCO)CC1)c1cc(O)cc(O)c1. The lowest BCUT2D eigenvalue weighted by Gasteiger charge is -2.14. The Kier molecular flexibility index (Phi) is 3.43. The molecule has 1 aliphatic carbocycles. The zero-order chi connectivity index (χ0) is 13.2. The number of rotatable bonds is 5. The van der Waals surface area contributed by atoms with Crippen molar-refractivity contribution in [1.82, 2.24) is 5.32 Å². The van der Waals surface area contributed by atoms with Crippen molar-refractivity contribution < 1.29 is 20.1 Å². The molecule has 2 rings (SSSR count). The number of aliphatic hydroxyl groups excluding tert-OH is 1. The van der Waals surface area contributed by atoms with E-state index in [4.69, 9.17) is 5.11 Å². The first kappa shape index (κ1) is 12.7. The maximum absolute atomic E-state index is 11.8. The number of phenols is 2. The zero-order valence-electron chi connectivity index (χ0n) is 10.0. The normalized spacial score (nSPS) is 16.3. The lowest BCUT2D eigenvalue weighted by atomic mass is 10.0. The van der Waals surface area contributed by atoms with Crippen molar-refractivity contribution in [3.63, 3.8) is 0 Å².